The summed E-state index contributed by atoms with van der Waals surface area (Å²) in [5.41, 5.74) is -0.697. The second kappa shape index (κ2) is 8.59. The van der Waals surface area contributed by atoms with E-state index in [0.717, 1.165) is 32.2 Å². The zero-order chi connectivity index (χ0) is 14.9. The lowest BCUT2D eigenvalue weighted by molar-refractivity contribution is -0.138. The van der Waals surface area contributed by atoms with Crippen molar-refractivity contribution in [1.29, 1.82) is 0 Å². The average molecular weight is 426 g/mol. The molecule has 1 atom stereocenters. The molecule has 0 saturated carbocycles. The lowest BCUT2D eigenvalue weighted by Crippen LogP contribution is -2.44. The molecule has 0 spiro atoms. The molecule has 1 aliphatic heterocycles. The van der Waals surface area contributed by atoms with E-state index in [1.165, 1.54) is 0 Å². The van der Waals surface area contributed by atoms with E-state index in [1.807, 2.05) is 6.92 Å². The Kier molecular flexibility index (Phi) is 8.51. The van der Waals surface area contributed by atoms with Gasteiger partial charge in [-0.2, -0.15) is 13.2 Å². The summed E-state index contributed by atoms with van der Waals surface area (Å²) in [5, 5.41) is 13.2. The molecule has 2 N–H and O–H groups in total. The maximum atomic E-state index is 12.9. The first-order valence-electron chi connectivity index (χ1n) is 6.35. The molecule has 3 nitrogen and oxygen atoms in total. The van der Waals surface area contributed by atoms with Gasteiger partial charge in [0, 0.05) is 42.3 Å². The van der Waals surface area contributed by atoms with Gasteiger partial charge in [-0.15, -0.1) is 24.8 Å². The largest absolute Gasteiger partial charge is 0.507 e. The van der Waals surface area contributed by atoms with Crippen molar-refractivity contribution in [1.82, 2.24) is 10.2 Å². The molecule has 128 valence electrons. The first-order valence-corrected chi connectivity index (χ1v) is 7.14. The van der Waals surface area contributed by atoms with E-state index in [1.54, 1.807) is 6.07 Å². The zero-order valence-corrected chi connectivity index (χ0v) is 15.0. The number of nitrogens with one attached hydrogen (secondary N) is 1. The van der Waals surface area contributed by atoms with Crippen molar-refractivity contribution in [3.63, 3.8) is 0 Å². The van der Waals surface area contributed by atoms with Crippen LogP contribution in [0.3, 0.4) is 0 Å². The minimum Gasteiger partial charge on any atom is -0.507 e. The Balaban J connectivity index is 0.00000220. The highest BCUT2D eigenvalue weighted by Gasteiger charge is 2.36. The van der Waals surface area contributed by atoms with Gasteiger partial charge in [0.25, 0.3) is 0 Å². The first kappa shape index (κ1) is 21.8. The van der Waals surface area contributed by atoms with Gasteiger partial charge in [0.1, 0.15) is 5.75 Å². The van der Waals surface area contributed by atoms with Crippen LogP contribution in [0.2, 0.25) is 0 Å². The highest BCUT2D eigenvalue weighted by molar-refractivity contribution is 9.10. The molecule has 1 fully saturated rings. The maximum Gasteiger partial charge on any atom is 0.420 e. The molecular formula is C13H18BrCl2F3N2O. The monoisotopic (exact) mass is 424 g/mol. The van der Waals surface area contributed by atoms with Gasteiger partial charge in [0.05, 0.1) is 5.56 Å². The highest BCUT2D eigenvalue weighted by Crippen LogP contribution is 2.42. The first-order chi connectivity index (χ1) is 9.30. The van der Waals surface area contributed by atoms with Crippen molar-refractivity contribution in [2.75, 3.05) is 26.2 Å². The van der Waals surface area contributed by atoms with E-state index < -0.39 is 17.5 Å². The summed E-state index contributed by atoms with van der Waals surface area (Å²) in [6.07, 6.45) is -4.56. The van der Waals surface area contributed by atoms with Gasteiger partial charge in [-0.25, -0.2) is 0 Å². The van der Waals surface area contributed by atoms with Crippen molar-refractivity contribution in [2.24, 2.45) is 0 Å². The normalized spacial score (nSPS) is 17.3. The summed E-state index contributed by atoms with van der Waals surface area (Å²) in [5.74, 6) is -0.674. The van der Waals surface area contributed by atoms with Crippen LogP contribution >= 0.6 is 40.7 Å². The fourth-order valence-electron chi connectivity index (χ4n) is 2.42. The number of benzene rings is 1. The van der Waals surface area contributed by atoms with Crippen LogP contribution in [0, 0.1) is 0 Å². The molecule has 1 aliphatic rings. The number of phenolic OH excluding ortho intramolecular Hbond substituents is 1. The van der Waals surface area contributed by atoms with Crippen LogP contribution in [-0.2, 0) is 6.18 Å². The number of alkyl halides is 3. The van der Waals surface area contributed by atoms with Gasteiger partial charge in [-0.3, -0.25) is 4.90 Å². The smallest absolute Gasteiger partial charge is 0.420 e. The van der Waals surface area contributed by atoms with Crippen LogP contribution in [0.25, 0.3) is 0 Å². The minimum absolute atomic E-state index is 0. The van der Waals surface area contributed by atoms with Crippen molar-refractivity contribution in [2.45, 2.75) is 19.1 Å². The SMILES string of the molecule is C[C@H](c1cc(Br)cc(C(F)(F)F)c1O)N1CCNCC1.Cl.Cl. The molecule has 0 aliphatic carbocycles. The van der Waals surface area contributed by atoms with Crippen molar-refractivity contribution in [3.8, 4) is 5.75 Å². The molecule has 2 rings (SSSR count). The van der Waals surface area contributed by atoms with E-state index in [2.05, 4.69) is 26.1 Å². The summed E-state index contributed by atoms with van der Waals surface area (Å²) >= 11 is 3.09. The Morgan fingerprint density at radius 1 is 1.23 bits per heavy atom. The van der Waals surface area contributed by atoms with Gasteiger partial charge < -0.3 is 10.4 Å². The van der Waals surface area contributed by atoms with Crippen LogP contribution in [-0.4, -0.2) is 36.2 Å². The third kappa shape index (κ3) is 4.89. The van der Waals surface area contributed by atoms with E-state index >= 15 is 0 Å². The Morgan fingerprint density at radius 2 is 1.77 bits per heavy atom. The van der Waals surface area contributed by atoms with Crippen LogP contribution < -0.4 is 5.32 Å². The van der Waals surface area contributed by atoms with E-state index in [4.69, 9.17) is 0 Å². The summed E-state index contributed by atoms with van der Waals surface area (Å²) in [6.45, 7) is 4.90. The molecule has 0 radical (unpaired) electrons. The maximum absolute atomic E-state index is 12.9. The van der Waals surface area contributed by atoms with E-state index in [0.29, 0.717) is 10.0 Å². The molecule has 0 unspecified atom stereocenters. The fourth-order valence-corrected chi connectivity index (χ4v) is 2.90. The molecular weight excluding hydrogens is 408 g/mol. The Bertz CT molecular complexity index is 497. The molecule has 1 aromatic carbocycles. The van der Waals surface area contributed by atoms with Gasteiger partial charge >= 0.3 is 6.18 Å². The number of aromatic hydroxyl groups is 1. The van der Waals surface area contributed by atoms with Gasteiger partial charge in [0.2, 0.25) is 0 Å². The van der Waals surface area contributed by atoms with E-state index in [-0.39, 0.29) is 30.9 Å². The second-order valence-corrected chi connectivity index (χ2v) is 5.77. The van der Waals surface area contributed by atoms with Gasteiger partial charge in [-0.1, -0.05) is 15.9 Å². The second-order valence-electron chi connectivity index (χ2n) is 4.85. The topological polar surface area (TPSA) is 35.5 Å². The molecule has 22 heavy (non-hydrogen) atoms. The molecule has 9 heteroatoms. The number of rotatable bonds is 2. The summed E-state index contributed by atoms with van der Waals surface area (Å²) in [6, 6.07) is 2.19. The third-order valence-corrected chi connectivity index (χ3v) is 4.02. The number of piperazine rings is 1. The van der Waals surface area contributed by atoms with Crippen LogP contribution in [0.4, 0.5) is 13.2 Å². The van der Waals surface area contributed by atoms with Gasteiger partial charge in [-0.05, 0) is 19.1 Å². The molecule has 0 aromatic heterocycles. The van der Waals surface area contributed by atoms with Crippen LogP contribution in [0.15, 0.2) is 16.6 Å². The van der Waals surface area contributed by atoms with E-state index in [9.17, 15) is 18.3 Å². The Labute approximate surface area is 148 Å². The molecule has 1 saturated heterocycles. The number of phenols is 1. The lowest BCUT2D eigenvalue weighted by atomic mass is 10.0. The number of hydrogen-bond donors (Lipinski definition) is 2. The van der Waals surface area contributed by atoms with Gasteiger partial charge in [0.15, 0.2) is 0 Å². The minimum atomic E-state index is -4.56. The predicted molar refractivity (Wildman–Crippen MR) is 88.2 cm³/mol. The summed E-state index contributed by atoms with van der Waals surface area (Å²) in [7, 11) is 0. The third-order valence-electron chi connectivity index (χ3n) is 3.56. The number of hydrogen-bond acceptors (Lipinski definition) is 3. The quantitative estimate of drug-likeness (QED) is 0.752. The average Bonchev–Trinajstić information content (AvgIpc) is 2.40. The molecule has 1 aromatic rings. The van der Waals surface area contributed by atoms with Crippen molar-refractivity contribution in [3.05, 3.63) is 27.7 Å². The Hall–Kier alpha value is -0.210. The van der Waals surface area contributed by atoms with Crippen LogP contribution in [0.1, 0.15) is 24.1 Å². The standard InChI is InChI=1S/C13H16BrF3N2O.2ClH/c1-8(19-4-2-18-3-5-19)10-6-9(14)7-11(12(10)20)13(15,16)17;;/h6-8,18,20H,2-5H2,1H3;2*1H/t8-;;/m1../s1. The van der Waals surface area contributed by atoms with Crippen LogP contribution in [0.5, 0.6) is 5.75 Å². The summed E-state index contributed by atoms with van der Waals surface area (Å²) < 4.78 is 39.0. The molecule has 0 bridgehead atoms. The fraction of sp³-hybridized carbons (Fsp3) is 0.538. The summed E-state index contributed by atoms with van der Waals surface area (Å²) in [4.78, 5) is 2.05. The Morgan fingerprint density at radius 3 is 2.27 bits per heavy atom. The number of halogens is 6. The van der Waals surface area contributed by atoms with Crippen molar-refractivity contribution < 1.29 is 18.3 Å². The molecule has 0 amide bonds. The number of nitrogens with zero attached hydrogens (tertiary/aromatic N) is 1. The highest BCUT2D eigenvalue weighted by atomic mass is 79.9. The predicted octanol–water partition coefficient (Wildman–Crippen LogP) is 3.98. The van der Waals surface area contributed by atoms with Crippen molar-refractivity contribution >= 4 is 40.7 Å². The molecule has 1 heterocycles. The lowest BCUT2D eigenvalue weighted by Gasteiger charge is -2.33. The zero-order valence-electron chi connectivity index (χ0n) is 11.8.